The number of nitrogens with zero attached hydrogens (tertiary/aromatic N) is 3. The van der Waals surface area contributed by atoms with Gasteiger partial charge in [-0.1, -0.05) is 18.2 Å². The van der Waals surface area contributed by atoms with E-state index in [0.29, 0.717) is 0 Å². The van der Waals surface area contributed by atoms with Gasteiger partial charge < -0.3 is 0 Å². The lowest BCUT2D eigenvalue weighted by molar-refractivity contribution is -0.385. The fraction of sp³-hybridized carbons (Fsp3) is 0.182. The van der Waals surface area contributed by atoms with Gasteiger partial charge in [-0.15, -0.1) is 0 Å². The van der Waals surface area contributed by atoms with Crippen LogP contribution in [0.3, 0.4) is 0 Å². The summed E-state index contributed by atoms with van der Waals surface area (Å²) in [6, 6.07) is 7.82. The standard InChI is InChI=1S/C11H11N3O4S/c1-13-11(10(7-12-13)14(15)16)8-19(17,18)9-5-3-2-4-6-9/h2-7H,8H2,1H3. The molecule has 0 amide bonds. The summed E-state index contributed by atoms with van der Waals surface area (Å²) in [6.45, 7) is 0. The molecule has 0 N–H and O–H groups in total. The lowest BCUT2D eigenvalue weighted by Crippen LogP contribution is -2.10. The van der Waals surface area contributed by atoms with E-state index in [2.05, 4.69) is 5.10 Å². The lowest BCUT2D eigenvalue weighted by Gasteiger charge is -2.04. The topological polar surface area (TPSA) is 95.1 Å². The zero-order valence-corrected chi connectivity index (χ0v) is 10.9. The predicted octanol–water partition coefficient (Wildman–Crippen LogP) is 1.30. The molecule has 1 aromatic carbocycles. The molecule has 19 heavy (non-hydrogen) atoms. The first-order valence-electron chi connectivity index (χ1n) is 5.35. The van der Waals surface area contributed by atoms with Crippen LogP contribution in [0.25, 0.3) is 0 Å². The highest BCUT2D eigenvalue weighted by atomic mass is 32.2. The summed E-state index contributed by atoms with van der Waals surface area (Å²) in [4.78, 5) is 10.3. The Morgan fingerprint density at radius 2 is 1.95 bits per heavy atom. The second-order valence-corrected chi connectivity index (χ2v) is 5.92. The number of aryl methyl sites for hydroxylation is 1. The molecular formula is C11H11N3O4S. The van der Waals surface area contributed by atoms with Crippen molar-refractivity contribution in [1.29, 1.82) is 0 Å². The molecule has 7 nitrogen and oxygen atoms in total. The van der Waals surface area contributed by atoms with Gasteiger partial charge in [-0.05, 0) is 12.1 Å². The number of nitro groups is 1. The van der Waals surface area contributed by atoms with Crippen molar-refractivity contribution < 1.29 is 13.3 Å². The van der Waals surface area contributed by atoms with Gasteiger partial charge in [-0.3, -0.25) is 14.8 Å². The maximum Gasteiger partial charge on any atom is 0.311 e. The highest BCUT2D eigenvalue weighted by Crippen LogP contribution is 2.22. The van der Waals surface area contributed by atoms with Crippen LogP contribution in [-0.2, 0) is 22.6 Å². The Balaban J connectivity index is 2.42. The number of sulfone groups is 1. The molecule has 0 saturated carbocycles. The Morgan fingerprint density at radius 1 is 1.32 bits per heavy atom. The van der Waals surface area contributed by atoms with Crippen LogP contribution in [0.1, 0.15) is 5.69 Å². The minimum atomic E-state index is -3.63. The first-order chi connectivity index (χ1) is 8.92. The van der Waals surface area contributed by atoms with Gasteiger partial charge in [0.05, 0.1) is 9.82 Å². The van der Waals surface area contributed by atoms with E-state index in [9.17, 15) is 18.5 Å². The Bertz CT molecular complexity index is 707. The third-order valence-corrected chi connectivity index (χ3v) is 4.31. The van der Waals surface area contributed by atoms with Crippen LogP contribution in [0, 0.1) is 10.1 Å². The van der Waals surface area contributed by atoms with Gasteiger partial charge in [0, 0.05) is 7.05 Å². The normalized spacial score (nSPS) is 11.4. The Hall–Kier alpha value is -2.22. The molecule has 100 valence electrons. The van der Waals surface area contributed by atoms with E-state index in [0.717, 1.165) is 6.20 Å². The summed E-state index contributed by atoms with van der Waals surface area (Å²) < 4.78 is 25.5. The molecule has 2 rings (SSSR count). The molecule has 0 unspecified atom stereocenters. The minimum absolute atomic E-state index is 0.0638. The molecule has 0 aliphatic carbocycles. The molecule has 0 radical (unpaired) electrons. The van der Waals surface area contributed by atoms with Crippen molar-refractivity contribution in [1.82, 2.24) is 9.78 Å². The number of aromatic nitrogens is 2. The van der Waals surface area contributed by atoms with Crippen molar-refractivity contribution in [2.45, 2.75) is 10.6 Å². The molecular weight excluding hydrogens is 270 g/mol. The van der Waals surface area contributed by atoms with E-state index in [4.69, 9.17) is 0 Å². The van der Waals surface area contributed by atoms with Crippen molar-refractivity contribution in [2.24, 2.45) is 7.05 Å². The number of hydrogen-bond acceptors (Lipinski definition) is 5. The maximum atomic E-state index is 12.2. The molecule has 1 aromatic heterocycles. The zero-order valence-electron chi connectivity index (χ0n) is 10.1. The molecule has 0 aliphatic rings. The van der Waals surface area contributed by atoms with E-state index in [-0.39, 0.29) is 16.3 Å². The lowest BCUT2D eigenvalue weighted by atomic mass is 10.4. The summed E-state index contributed by atoms with van der Waals surface area (Å²) in [7, 11) is -2.15. The van der Waals surface area contributed by atoms with Gasteiger partial charge in [-0.2, -0.15) is 5.10 Å². The van der Waals surface area contributed by atoms with Crippen molar-refractivity contribution in [2.75, 3.05) is 0 Å². The molecule has 8 heteroatoms. The van der Waals surface area contributed by atoms with Crippen LogP contribution in [0.5, 0.6) is 0 Å². The summed E-state index contributed by atoms with van der Waals surface area (Å²) in [5.74, 6) is -0.455. The first kappa shape index (κ1) is 13.2. The van der Waals surface area contributed by atoms with Gasteiger partial charge in [0.25, 0.3) is 0 Å². The average Bonchev–Trinajstić information content (AvgIpc) is 2.72. The average molecular weight is 281 g/mol. The predicted molar refractivity (Wildman–Crippen MR) is 67.2 cm³/mol. The van der Waals surface area contributed by atoms with Crippen LogP contribution in [0.4, 0.5) is 5.69 Å². The van der Waals surface area contributed by atoms with E-state index >= 15 is 0 Å². The number of benzene rings is 1. The van der Waals surface area contributed by atoms with Gasteiger partial charge in [0.2, 0.25) is 0 Å². The van der Waals surface area contributed by atoms with Crippen LogP contribution < -0.4 is 0 Å². The van der Waals surface area contributed by atoms with E-state index in [1.165, 1.54) is 23.9 Å². The Morgan fingerprint density at radius 3 is 2.53 bits per heavy atom. The highest BCUT2D eigenvalue weighted by molar-refractivity contribution is 7.90. The number of hydrogen-bond donors (Lipinski definition) is 0. The fourth-order valence-electron chi connectivity index (χ4n) is 1.66. The van der Waals surface area contributed by atoms with Crippen LogP contribution >= 0.6 is 0 Å². The fourth-order valence-corrected chi connectivity index (χ4v) is 3.10. The van der Waals surface area contributed by atoms with Gasteiger partial charge in [-0.25, -0.2) is 8.42 Å². The second kappa shape index (κ2) is 4.81. The van der Waals surface area contributed by atoms with Crippen molar-refractivity contribution >= 4 is 15.5 Å². The Kier molecular flexibility index (Phi) is 3.34. The van der Waals surface area contributed by atoms with Crippen LogP contribution in [-0.4, -0.2) is 23.1 Å². The maximum absolute atomic E-state index is 12.2. The monoisotopic (exact) mass is 281 g/mol. The van der Waals surface area contributed by atoms with Crippen LogP contribution in [0.2, 0.25) is 0 Å². The summed E-state index contributed by atoms with van der Waals surface area (Å²) in [5.41, 5.74) is -0.226. The summed E-state index contributed by atoms with van der Waals surface area (Å²) in [6.07, 6.45) is 1.05. The molecule has 0 spiro atoms. The van der Waals surface area contributed by atoms with Crippen molar-refractivity contribution in [3.05, 3.63) is 52.3 Å². The highest BCUT2D eigenvalue weighted by Gasteiger charge is 2.25. The second-order valence-electron chi connectivity index (χ2n) is 3.93. The third kappa shape index (κ3) is 2.63. The van der Waals surface area contributed by atoms with E-state index < -0.39 is 20.5 Å². The van der Waals surface area contributed by atoms with E-state index in [1.54, 1.807) is 18.2 Å². The smallest absolute Gasteiger partial charge is 0.264 e. The van der Waals surface area contributed by atoms with Gasteiger partial charge in [0.15, 0.2) is 9.84 Å². The molecule has 0 saturated heterocycles. The number of rotatable bonds is 4. The molecule has 1 heterocycles. The van der Waals surface area contributed by atoms with Crippen molar-refractivity contribution in [3.8, 4) is 0 Å². The molecule has 0 fully saturated rings. The van der Waals surface area contributed by atoms with Gasteiger partial charge >= 0.3 is 5.69 Å². The third-order valence-electron chi connectivity index (χ3n) is 2.67. The first-order valence-corrected chi connectivity index (χ1v) is 7.00. The zero-order chi connectivity index (χ0) is 14.0. The minimum Gasteiger partial charge on any atom is -0.264 e. The molecule has 0 atom stereocenters. The quantitative estimate of drug-likeness (QED) is 0.621. The summed E-state index contributed by atoms with van der Waals surface area (Å²) >= 11 is 0. The largest absolute Gasteiger partial charge is 0.311 e. The van der Waals surface area contributed by atoms with E-state index in [1.807, 2.05) is 0 Å². The summed E-state index contributed by atoms with van der Waals surface area (Å²) in [5, 5.41) is 14.5. The van der Waals surface area contributed by atoms with Crippen molar-refractivity contribution in [3.63, 3.8) is 0 Å². The Labute approximate surface area is 109 Å². The SMILES string of the molecule is Cn1ncc([N+](=O)[O-])c1CS(=O)(=O)c1ccccc1. The molecule has 0 aliphatic heterocycles. The molecule has 2 aromatic rings. The van der Waals surface area contributed by atoms with Gasteiger partial charge in [0.1, 0.15) is 17.6 Å². The molecule has 0 bridgehead atoms. The van der Waals surface area contributed by atoms with Crippen LogP contribution in [0.15, 0.2) is 41.4 Å².